The molecule has 3 heterocycles. The van der Waals surface area contributed by atoms with Gasteiger partial charge in [-0.3, -0.25) is 14.5 Å². The molecule has 2 aromatic heterocycles. The van der Waals surface area contributed by atoms with Crippen LogP contribution >= 0.6 is 38.6 Å². The molecule has 1 N–H and O–H groups in total. The smallest absolute Gasteiger partial charge is 0.296 e. The second-order valence-electron chi connectivity index (χ2n) is 5.80. The summed E-state index contributed by atoms with van der Waals surface area (Å²) in [7, 11) is 0. The average molecular weight is 462 g/mol. The molecule has 0 spiro atoms. The van der Waals surface area contributed by atoms with Crippen LogP contribution in [0.5, 0.6) is 0 Å². The van der Waals surface area contributed by atoms with Crippen LogP contribution in [0.25, 0.3) is 0 Å². The Labute approximate surface area is 170 Å². The summed E-state index contributed by atoms with van der Waals surface area (Å²) in [5, 5.41) is 21.4. The van der Waals surface area contributed by atoms with Crippen molar-refractivity contribution in [2.45, 2.75) is 13.0 Å². The topological polar surface area (TPSA) is 83.4 Å². The zero-order chi connectivity index (χ0) is 19.1. The predicted molar refractivity (Wildman–Crippen MR) is 107 cm³/mol. The van der Waals surface area contributed by atoms with Crippen molar-refractivity contribution in [3.8, 4) is 0 Å². The Kier molecular flexibility index (Phi) is 4.67. The third-order valence-corrected chi connectivity index (χ3v) is 6.34. The molecule has 1 aliphatic rings. The Balaban J connectivity index is 1.88. The summed E-state index contributed by atoms with van der Waals surface area (Å²) < 4.78 is 0.869. The molecule has 4 rings (SSSR count). The molecule has 1 amide bonds. The molecule has 1 aromatic carbocycles. The average Bonchev–Trinajstić information content (AvgIpc) is 3.37. The molecule has 0 fully saturated rings. The Hall–Kier alpha value is -2.36. The van der Waals surface area contributed by atoms with E-state index in [0.29, 0.717) is 20.6 Å². The fourth-order valence-electron chi connectivity index (χ4n) is 2.92. The maximum Gasteiger partial charge on any atom is 0.296 e. The largest absolute Gasteiger partial charge is 0.503 e. The fourth-order valence-corrected chi connectivity index (χ4v) is 4.58. The van der Waals surface area contributed by atoms with E-state index in [2.05, 4.69) is 26.1 Å². The number of aromatic nitrogens is 2. The zero-order valence-electron chi connectivity index (χ0n) is 13.9. The Bertz CT molecular complexity index is 1060. The first-order chi connectivity index (χ1) is 13.0. The summed E-state index contributed by atoms with van der Waals surface area (Å²) in [5.41, 5.74) is 0.751. The van der Waals surface area contributed by atoms with Gasteiger partial charge < -0.3 is 5.11 Å². The monoisotopic (exact) mass is 461 g/mol. The predicted octanol–water partition coefficient (Wildman–Crippen LogP) is 4.45. The lowest BCUT2D eigenvalue weighted by molar-refractivity contribution is -0.117. The van der Waals surface area contributed by atoms with Crippen LogP contribution < -0.4 is 4.90 Å². The number of nitrogens with zero attached hydrogens (tertiary/aromatic N) is 3. The van der Waals surface area contributed by atoms with Gasteiger partial charge in [-0.25, -0.2) is 0 Å². The van der Waals surface area contributed by atoms with Crippen LogP contribution in [0.4, 0.5) is 5.13 Å². The normalized spacial score (nSPS) is 17.0. The number of Topliss-reactive ketones (excluding diaryl/α,β-unsaturated/α-hetero) is 1. The number of carbonyl (C=O) groups is 2. The lowest BCUT2D eigenvalue weighted by atomic mass is 9.96. The number of aliphatic hydroxyl groups is 1. The van der Waals surface area contributed by atoms with E-state index in [4.69, 9.17) is 0 Å². The van der Waals surface area contributed by atoms with Crippen LogP contribution in [-0.2, 0) is 4.79 Å². The highest BCUT2D eigenvalue weighted by molar-refractivity contribution is 9.10. The van der Waals surface area contributed by atoms with Gasteiger partial charge in [-0.05, 0) is 36.1 Å². The number of benzene rings is 1. The highest BCUT2D eigenvalue weighted by atomic mass is 79.9. The number of aliphatic hydroxyl groups excluding tert-OH is 1. The molecule has 9 heteroatoms. The number of rotatable bonds is 4. The molecular weight excluding hydrogens is 450 g/mol. The minimum Gasteiger partial charge on any atom is -0.503 e. The molecular formula is C18H12BrN3O3S2. The quantitative estimate of drug-likeness (QED) is 0.580. The van der Waals surface area contributed by atoms with Gasteiger partial charge in [0.15, 0.2) is 5.76 Å². The lowest BCUT2D eigenvalue weighted by Crippen LogP contribution is -2.31. The fraction of sp³-hybridized carbons (Fsp3) is 0.111. The first-order valence-electron chi connectivity index (χ1n) is 7.88. The molecule has 0 radical (unpaired) electrons. The Morgan fingerprint density at radius 3 is 2.56 bits per heavy atom. The van der Waals surface area contributed by atoms with Crippen LogP contribution in [0, 0.1) is 6.92 Å². The van der Waals surface area contributed by atoms with E-state index in [1.807, 2.05) is 24.3 Å². The van der Waals surface area contributed by atoms with Crippen LogP contribution in [0.1, 0.15) is 26.3 Å². The molecule has 0 bridgehead atoms. The molecule has 0 unspecified atom stereocenters. The van der Waals surface area contributed by atoms with Gasteiger partial charge in [-0.1, -0.05) is 45.5 Å². The molecule has 1 atom stereocenters. The van der Waals surface area contributed by atoms with Crippen molar-refractivity contribution in [2.75, 3.05) is 4.90 Å². The van der Waals surface area contributed by atoms with Crippen molar-refractivity contribution in [1.82, 2.24) is 10.2 Å². The molecule has 27 heavy (non-hydrogen) atoms. The summed E-state index contributed by atoms with van der Waals surface area (Å²) in [5.74, 6) is -1.57. The summed E-state index contributed by atoms with van der Waals surface area (Å²) >= 11 is 5.88. The van der Waals surface area contributed by atoms with Gasteiger partial charge in [0.1, 0.15) is 5.01 Å². The van der Waals surface area contributed by atoms with Gasteiger partial charge in [-0.15, -0.1) is 21.5 Å². The standard InChI is InChI=1S/C18H12BrN3O3S2/c1-9-20-21-18(27-9)22-14(10-4-6-11(19)7-5-10)13(16(24)17(22)25)15(23)12-3-2-8-26-12/h2-8,14,24H,1H3/t14-/m1/s1. The van der Waals surface area contributed by atoms with E-state index < -0.39 is 17.7 Å². The Morgan fingerprint density at radius 2 is 1.96 bits per heavy atom. The van der Waals surface area contributed by atoms with Gasteiger partial charge in [0.2, 0.25) is 10.9 Å². The first-order valence-corrected chi connectivity index (χ1v) is 10.4. The number of thiophene rings is 1. The third-order valence-electron chi connectivity index (χ3n) is 4.10. The summed E-state index contributed by atoms with van der Waals surface area (Å²) in [4.78, 5) is 27.7. The summed E-state index contributed by atoms with van der Waals surface area (Å²) in [6.45, 7) is 1.78. The van der Waals surface area contributed by atoms with E-state index in [0.717, 1.165) is 4.47 Å². The van der Waals surface area contributed by atoms with Gasteiger partial charge >= 0.3 is 0 Å². The molecule has 6 nitrogen and oxygen atoms in total. The van der Waals surface area contributed by atoms with Crippen LogP contribution in [-0.4, -0.2) is 27.0 Å². The number of carbonyl (C=O) groups excluding carboxylic acids is 2. The summed E-state index contributed by atoms with van der Waals surface area (Å²) in [6.07, 6.45) is 0. The highest BCUT2D eigenvalue weighted by Crippen LogP contribution is 2.43. The van der Waals surface area contributed by atoms with E-state index >= 15 is 0 Å². The minimum absolute atomic E-state index is 0.0534. The van der Waals surface area contributed by atoms with Crippen LogP contribution in [0.3, 0.4) is 0 Å². The second-order valence-corrected chi connectivity index (χ2v) is 8.83. The van der Waals surface area contributed by atoms with Crippen molar-refractivity contribution < 1.29 is 14.7 Å². The Morgan fingerprint density at radius 1 is 1.22 bits per heavy atom. The second kappa shape index (κ2) is 6.99. The van der Waals surface area contributed by atoms with Crippen LogP contribution in [0.2, 0.25) is 0 Å². The number of ketones is 1. The van der Waals surface area contributed by atoms with Gasteiger partial charge in [0, 0.05) is 4.47 Å². The maximum absolute atomic E-state index is 13.1. The molecule has 1 aliphatic heterocycles. The molecule has 0 saturated heterocycles. The number of anilines is 1. The number of halogens is 1. The lowest BCUT2D eigenvalue weighted by Gasteiger charge is -2.24. The number of hydrogen-bond acceptors (Lipinski definition) is 7. The highest BCUT2D eigenvalue weighted by Gasteiger charge is 2.46. The van der Waals surface area contributed by atoms with E-state index in [9.17, 15) is 14.7 Å². The summed E-state index contributed by atoms with van der Waals surface area (Å²) in [6, 6.07) is 9.93. The van der Waals surface area contributed by atoms with Crippen molar-refractivity contribution in [1.29, 1.82) is 0 Å². The SMILES string of the molecule is Cc1nnc(N2C(=O)C(O)=C(C(=O)c3cccs3)[C@H]2c2ccc(Br)cc2)s1. The van der Waals surface area contributed by atoms with E-state index in [1.165, 1.54) is 27.6 Å². The van der Waals surface area contributed by atoms with Gasteiger partial charge in [-0.2, -0.15) is 0 Å². The molecule has 0 saturated carbocycles. The number of hydrogen-bond donors (Lipinski definition) is 1. The first kappa shape index (κ1) is 18.0. The van der Waals surface area contributed by atoms with Crippen molar-refractivity contribution in [2.24, 2.45) is 0 Å². The molecule has 136 valence electrons. The molecule has 0 aliphatic carbocycles. The van der Waals surface area contributed by atoms with Gasteiger partial charge in [0.05, 0.1) is 16.5 Å². The van der Waals surface area contributed by atoms with E-state index in [-0.39, 0.29) is 11.4 Å². The molecule has 3 aromatic rings. The maximum atomic E-state index is 13.1. The van der Waals surface area contributed by atoms with Crippen molar-refractivity contribution in [3.63, 3.8) is 0 Å². The minimum atomic E-state index is -0.771. The third kappa shape index (κ3) is 3.11. The number of amides is 1. The van der Waals surface area contributed by atoms with Crippen molar-refractivity contribution in [3.05, 3.63) is 73.0 Å². The zero-order valence-corrected chi connectivity index (χ0v) is 17.1. The number of aryl methyl sites for hydroxylation is 1. The van der Waals surface area contributed by atoms with Gasteiger partial charge in [0.25, 0.3) is 5.91 Å². The van der Waals surface area contributed by atoms with Crippen molar-refractivity contribution >= 4 is 55.4 Å². The van der Waals surface area contributed by atoms with Crippen LogP contribution in [0.15, 0.2) is 57.6 Å². The van der Waals surface area contributed by atoms with E-state index in [1.54, 1.807) is 24.4 Å².